The quantitative estimate of drug-likeness (QED) is 0.853. The van der Waals surface area contributed by atoms with E-state index in [-0.39, 0.29) is 17.3 Å². The minimum atomic E-state index is -4.77. The number of hydrogen-bond acceptors (Lipinski definition) is 3. The summed E-state index contributed by atoms with van der Waals surface area (Å²) in [5, 5.41) is 2.61. The Labute approximate surface area is 149 Å². The fourth-order valence-corrected chi connectivity index (χ4v) is 2.98. The molecule has 1 saturated heterocycles. The van der Waals surface area contributed by atoms with Crippen molar-refractivity contribution >= 4 is 11.6 Å². The van der Waals surface area contributed by atoms with E-state index in [0.29, 0.717) is 5.56 Å². The van der Waals surface area contributed by atoms with Crippen LogP contribution < -0.4 is 10.1 Å². The molecule has 1 N–H and O–H groups in total. The molecule has 0 saturated carbocycles. The zero-order chi connectivity index (χ0) is 18.6. The van der Waals surface area contributed by atoms with Crippen LogP contribution in [0.1, 0.15) is 28.8 Å². The van der Waals surface area contributed by atoms with Crippen LogP contribution in [-0.2, 0) is 6.54 Å². The molecule has 1 fully saturated rings. The zero-order valence-electron chi connectivity index (χ0n) is 14.1. The summed E-state index contributed by atoms with van der Waals surface area (Å²) in [5.74, 6) is -0.754. The lowest BCUT2D eigenvalue weighted by Crippen LogP contribution is -2.19. The molecule has 0 spiro atoms. The average molecular weight is 364 g/mol. The first-order valence-corrected chi connectivity index (χ1v) is 8.37. The van der Waals surface area contributed by atoms with Gasteiger partial charge >= 0.3 is 6.36 Å². The molecule has 26 heavy (non-hydrogen) atoms. The lowest BCUT2D eigenvalue weighted by atomic mass is 10.1. The van der Waals surface area contributed by atoms with Gasteiger partial charge in [0.25, 0.3) is 5.91 Å². The number of hydrogen-bond donors (Lipinski definition) is 1. The first-order valence-electron chi connectivity index (χ1n) is 8.37. The number of carbonyl (C=O) groups is 1. The fourth-order valence-electron chi connectivity index (χ4n) is 2.98. The largest absolute Gasteiger partial charge is 0.573 e. The van der Waals surface area contributed by atoms with E-state index in [2.05, 4.69) is 15.0 Å². The fraction of sp³-hybridized carbons (Fsp3) is 0.316. The van der Waals surface area contributed by atoms with Gasteiger partial charge in [0.05, 0.1) is 0 Å². The lowest BCUT2D eigenvalue weighted by molar-refractivity contribution is -0.274. The summed E-state index contributed by atoms with van der Waals surface area (Å²) in [6.45, 7) is 2.90. The maximum absolute atomic E-state index is 12.4. The van der Waals surface area contributed by atoms with Crippen molar-refractivity contribution in [2.45, 2.75) is 25.7 Å². The summed E-state index contributed by atoms with van der Waals surface area (Å²) >= 11 is 0. The number of halogens is 3. The van der Waals surface area contributed by atoms with Gasteiger partial charge in [-0.2, -0.15) is 0 Å². The van der Waals surface area contributed by atoms with Gasteiger partial charge in [-0.05, 0) is 55.8 Å². The molecule has 1 heterocycles. The van der Waals surface area contributed by atoms with Crippen LogP contribution in [0.25, 0.3) is 0 Å². The van der Waals surface area contributed by atoms with E-state index in [0.717, 1.165) is 31.3 Å². The lowest BCUT2D eigenvalue weighted by Gasteiger charge is -2.15. The minimum Gasteiger partial charge on any atom is -0.406 e. The standard InChI is InChI=1S/C19H19F3N2O2/c20-19(21,22)26-17-8-4-7-16(12-17)23-18(25)15-6-3-5-14(11-15)13-24-9-1-2-10-24/h3-8,11-12H,1-2,9-10,13H2,(H,23,25). The number of ether oxygens (including phenoxy) is 1. The van der Waals surface area contributed by atoms with E-state index in [1.807, 2.05) is 18.2 Å². The van der Waals surface area contributed by atoms with Gasteiger partial charge in [-0.3, -0.25) is 9.69 Å². The zero-order valence-corrected chi connectivity index (χ0v) is 14.1. The molecule has 1 amide bonds. The third kappa shape index (κ3) is 5.23. The molecule has 0 unspecified atom stereocenters. The van der Waals surface area contributed by atoms with E-state index < -0.39 is 6.36 Å². The van der Waals surface area contributed by atoms with Crippen molar-refractivity contribution in [1.29, 1.82) is 0 Å². The second-order valence-electron chi connectivity index (χ2n) is 6.21. The molecule has 2 aromatic rings. The second kappa shape index (κ2) is 7.78. The van der Waals surface area contributed by atoms with Gasteiger partial charge in [0.15, 0.2) is 0 Å². The van der Waals surface area contributed by atoms with Crippen molar-refractivity contribution in [2.24, 2.45) is 0 Å². The van der Waals surface area contributed by atoms with Crippen LogP contribution in [0.4, 0.5) is 18.9 Å². The number of amides is 1. The molecule has 1 aliphatic rings. The predicted octanol–water partition coefficient (Wildman–Crippen LogP) is 4.43. The van der Waals surface area contributed by atoms with Gasteiger partial charge in [0.2, 0.25) is 0 Å². The molecule has 4 nitrogen and oxygen atoms in total. The number of rotatable bonds is 5. The van der Waals surface area contributed by atoms with Crippen molar-refractivity contribution in [2.75, 3.05) is 18.4 Å². The molecule has 138 valence electrons. The van der Waals surface area contributed by atoms with Gasteiger partial charge in [-0.25, -0.2) is 0 Å². The Balaban J connectivity index is 1.67. The first kappa shape index (κ1) is 18.3. The maximum Gasteiger partial charge on any atom is 0.573 e. The number of nitrogens with one attached hydrogen (secondary N) is 1. The Morgan fingerprint density at radius 3 is 2.54 bits per heavy atom. The molecule has 7 heteroatoms. The SMILES string of the molecule is O=C(Nc1cccc(OC(F)(F)F)c1)c1cccc(CN2CCCC2)c1. The Morgan fingerprint density at radius 2 is 1.81 bits per heavy atom. The molecule has 2 aromatic carbocycles. The highest BCUT2D eigenvalue weighted by Crippen LogP contribution is 2.25. The predicted molar refractivity (Wildman–Crippen MR) is 92.0 cm³/mol. The smallest absolute Gasteiger partial charge is 0.406 e. The van der Waals surface area contributed by atoms with Gasteiger partial charge in [0.1, 0.15) is 5.75 Å². The third-order valence-electron chi connectivity index (χ3n) is 4.12. The normalized spacial score (nSPS) is 15.0. The monoisotopic (exact) mass is 364 g/mol. The Hall–Kier alpha value is -2.54. The highest BCUT2D eigenvalue weighted by Gasteiger charge is 2.31. The summed E-state index contributed by atoms with van der Waals surface area (Å²) in [6, 6.07) is 12.5. The first-order chi connectivity index (χ1) is 12.4. The summed E-state index contributed by atoms with van der Waals surface area (Å²) in [6.07, 6.45) is -2.39. The average Bonchev–Trinajstić information content (AvgIpc) is 3.07. The Kier molecular flexibility index (Phi) is 5.46. The highest BCUT2D eigenvalue weighted by atomic mass is 19.4. The van der Waals surface area contributed by atoms with Gasteiger partial charge in [-0.15, -0.1) is 13.2 Å². The summed E-state index contributed by atoms with van der Waals surface area (Å²) < 4.78 is 40.8. The van der Waals surface area contributed by atoms with Crippen LogP contribution in [0.15, 0.2) is 48.5 Å². The van der Waals surface area contributed by atoms with E-state index in [1.54, 1.807) is 6.07 Å². The van der Waals surface area contributed by atoms with Crippen LogP contribution in [-0.4, -0.2) is 30.3 Å². The van der Waals surface area contributed by atoms with E-state index >= 15 is 0 Å². The van der Waals surface area contributed by atoms with Crippen molar-refractivity contribution in [1.82, 2.24) is 4.90 Å². The Bertz CT molecular complexity index is 771. The molecular weight excluding hydrogens is 345 g/mol. The Morgan fingerprint density at radius 1 is 1.08 bits per heavy atom. The molecule has 0 radical (unpaired) electrons. The minimum absolute atomic E-state index is 0.238. The van der Waals surface area contributed by atoms with Gasteiger partial charge in [-0.1, -0.05) is 18.2 Å². The topological polar surface area (TPSA) is 41.6 Å². The van der Waals surface area contributed by atoms with Crippen LogP contribution in [0.5, 0.6) is 5.75 Å². The van der Waals surface area contributed by atoms with Crippen LogP contribution in [0.2, 0.25) is 0 Å². The van der Waals surface area contributed by atoms with E-state index in [4.69, 9.17) is 0 Å². The van der Waals surface area contributed by atoms with Crippen LogP contribution in [0.3, 0.4) is 0 Å². The van der Waals surface area contributed by atoms with Gasteiger partial charge < -0.3 is 10.1 Å². The molecular formula is C19H19F3N2O2. The summed E-state index contributed by atoms with van der Waals surface area (Å²) in [5.41, 5.74) is 1.74. The number of likely N-dealkylation sites (tertiary alicyclic amines) is 1. The van der Waals surface area contributed by atoms with E-state index in [9.17, 15) is 18.0 Å². The van der Waals surface area contributed by atoms with Crippen molar-refractivity contribution < 1.29 is 22.7 Å². The highest BCUT2D eigenvalue weighted by molar-refractivity contribution is 6.04. The molecule has 0 bridgehead atoms. The second-order valence-corrected chi connectivity index (χ2v) is 6.21. The molecule has 0 aromatic heterocycles. The van der Waals surface area contributed by atoms with Crippen molar-refractivity contribution in [3.63, 3.8) is 0 Å². The summed E-state index contributed by atoms with van der Waals surface area (Å²) in [7, 11) is 0. The number of anilines is 1. The number of benzene rings is 2. The molecule has 1 aliphatic heterocycles. The number of carbonyl (C=O) groups excluding carboxylic acids is 1. The maximum atomic E-state index is 12.4. The van der Waals surface area contributed by atoms with Crippen molar-refractivity contribution in [3.8, 4) is 5.75 Å². The molecule has 0 aliphatic carbocycles. The van der Waals surface area contributed by atoms with Crippen LogP contribution >= 0.6 is 0 Å². The molecule has 3 rings (SSSR count). The van der Waals surface area contributed by atoms with E-state index in [1.165, 1.54) is 31.0 Å². The number of alkyl halides is 3. The third-order valence-corrected chi connectivity index (χ3v) is 4.12. The molecule has 0 atom stereocenters. The summed E-state index contributed by atoms with van der Waals surface area (Å²) in [4.78, 5) is 14.7. The number of nitrogens with zero attached hydrogens (tertiary/aromatic N) is 1. The van der Waals surface area contributed by atoms with Crippen molar-refractivity contribution in [3.05, 3.63) is 59.7 Å². The van der Waals surface area contributed by atoms with Gasteiger partial charge in [0, 0.05) is 23.9 Å². The van der Waals surface area contributed by atoms with Crippen LogP contribution in [0, 0.1) is 0 Å².